The molecule has 0 saturated carbocycles. The van der Waals surface area contributed by atoms with Crippen molar-refractivity contribution in [3.05, 3.63) is 77.3 Å². The first-order chi connectivity index (χ1) is 17.1. The van der Waals surface area contributed by atoms with Crippen LogP contribution in [0.1, 0.15) is 33.9 Å². The Morgan fingerprint density at radius 3 is 2.54 bits per heavy atom. The molecule has 0 radical (unpaired) electrons. The van der Waals surface area contributed by atoms with Gasteiger partial charge in [0.2, 0.25) is 0 Å². The third kappa shape index (κ3) is 4.28. The molecule has 0 bridgehead atoms. The van der Waals surface area contributed by atoms with E-state index in [4.69, 9.17) is 19.3 Å². The zero-order chi connectivity index (χ0) is 24.4. The topological polar surface area (TPSA) is 87.8 Å². The van der Waals surface area contributed by atoms with Crippen molar-refractivity contribution < 1.29 is 19.0 Å². The molecule has 1 aliphatic rings. The highest BCUT2D eigenvalue weighted by Crippen LogP contribution is 2.36. The summed E-state index contributed by atoms with van der Waals surface area (Å²) in [5, 5.41) is 13.6. The van der Waals surface area contributed by atoms with Crippen LogP contribution in [0.3, 0.4) is 0 Å². The molecule has 2 aromatic heterocycles. The van der Waals surface area contributed by atoms with Gasteiger partial charge in [0.05, 0.1) is 37.8 Å². The molecule has 0 fully saturated rings. The predicted octanol–water partition coefficient (Wildman–Crippen LogP) is 4.41. The molecular formula is C27H26N4O4. The summed E-state index contributed by atoms with van der Waals surface area (Å²) in [4.78, 5) is 13.0. The fraction of sp³-hybridized carbons (Fsp3) is 0.259. The van der Waals surface area contributed by atoms with Gasteiger partial charge < -0.3 is 14.2 Å². The van der Waals surface area contributed by atoms with Crippen LogP contribution in [0.2, 0.25) is 0 Å². The van der Waals surface area contributed by atoms with Gasteiger partial charge in [0.25, 0.3) is 0 Å². The number of aromatic nitrogens is 4. The second-order valence-electron chi connectivity index (χ2n) is 8.42. The zero-order valence-corrected chi connectivity index (χ0v) is 19.9. The first-order valence-electron chi connectivity index (χ1n) is 11.4. The minimum Gasteiger partial charge on any atom is -0.493 e. The van der Waals surface area contributed by atoms with Crippen LogP contribution in [-0.2, 0) is 17.8 Å². The summed E-state index contributed by atoms with van der Waals surface area (Å²) < 4.78 is 18.1. The number of fused-ring (bicyclic) bond motifs is 3. The zero-order valence-electron chi connectivity index (χ0n) is 19.9. The maximum atomic E-state index is 13.0. The third-order valence-electron chi connectivity index (χ3n) is 6.19. The van der Waals surface area contributed by atoms with Gasteiger partial charge in [-0.3, -0.25) is 4.79 Å². The molecule has 0 amide bonds. The molecule has 35 heavy (non-hydrogen) atoms. The Balaban J connectivity index is 1.60. The van der Waals surface area contributed by atoms with E-state index in [2.05, 4.69) is 22.3 Å². The number of rotatable bonds is 7. The van der Waals surface area contributed by atoms with Gasteiger partial charge in [-0.25, -0.2) is 4.52 Å². The minimum absolute atomic E-state index is 0.0279. The molecule has 0 N–H and O–H groups in total. The lowest BCUT2D eigenvalue weighted by molar-refractivity contribution is 0.0950. The molecule has 8 nitrogen and oxygen atoms in total. The van der Waals surface area contributed by atoms with Crippen molar-refractivity contribution in [2.45, 2.75) is 19.4 Å². The van der Waals surface area contributed by atoms with Crippen molar-refractivity contribution in [2.75, 3.05) is 21.3 Å². The summed E-state index contributed by atoms with van der Waals surface area (Å²) in [5.74, 6) is 1.24. The quantitative estimate of drug-likeness (QED) is 0.395. The summed E-state index contributed by atoms with van der Waals surface area (Å²) in [7, 11) is 4.82. The first-order valence-corrected chi connectivity index (χ1v) is 11.4. The fourth-order valence-corrected chi connectivity index (χ4v) is 4.52. The van der Waals surface area contributed by atoms with E-state index in [-0.39, 0.29) is 18.3 Å². The average molecular weight is 471 g/mol. The molecule has 1 aliphatic carbocycles. The van der Waals surface area contributed by atoms with Crippen LogP contribution in [0.15, 0.2) is 54.6 Å². The van der Waals surface area contributed by atoms with Gasteiger partial charge in [-0.1, -0.05) is 48.6 Å². The number of carbonyl (C=O) groups is 1. The summed E-state index contributed by atoms with van der Waals surface area (Å²) in [6, 6.07) is 15.7. The number of benzene rings is 2. The van der Waals surface area contributed by atoms with Crippen LogP contribution in [0.4, 0.5) is 0 Å². The molecular weight excluding hydrogens is 444 g/mol. The Labute approximate surface area is 203 Å². The van der Waals surface area contributed by atoms with Crippen molar-refractivity contribution in [3.63, 3.8) is 0 Å². The van der Waals surface area contributed by atoms with Crippen LogP contribution < -0.4 is 9.47 Å². The van der Waals surface area contributed by atoms with Gasteiger partial charge in [0, 0.05) is 13.5 Å². The maximum Gasteiger partial charge on any atom is 0.185 e. The van der Waals surface area contributed by atoms with Crippen molar-refractivity contribution in [3.8, 4) is 22.6 Å². The van der Waals surface area contributed by atoms with Gasteiger partial charge in [-0.05, 0) is 35.6 Å². The summed E-state index contributed by atoms with van der Waals surface area (Å²) in [5.41, 5.74) is 5.16. The lowest BCUT2D eigenvalue weighted by atomic mass is 9.88. The number of allylic oxidation sites excluding steroid dienone is 1. The molecule has 178 valence electrons. The van der Waals surface area contributed by atoms with Crippen molar-refractivity contribution >= 4 is 17.5 Å². The number of ketones is 1. The highest BCUT2D eigenvalue weighted by atomic mass is 16.5. The van der Waals surface area contributed by atoms with Gasteiger partial charge in [0.1, 0.15) is 0 Å². The summed E-state index contributed by atoms with van der Waals surface area (Å²) >= 11 is 0. The number of ether oxygens (including phenoxy) is 3. The van der Waals surface area contributed by atoms with Crippen LogP contribution in [0, 0.1) is 5.92 Å². The second-order valence-corrected chi connectivity index (χ2v) is 8.42. The smallest absolute Gasteiger partial charge is 0.185 e. The maximum absolute atomic E-state index is 13.0. The lowest BCUT2D eigenvalue weighted by Gasteiger charge is -2.20. The molecule has 2 aromatic carbocycles. The number of carbonyl (C=O) groups excluding carboxylic acids is 1. The molecule has 4 aromatic rings. The Hall–Kier alpha value is -4.04. The van der Waals surface area contributed by atoms with Crippen LogP contribution in [0.5, 0.6) is 11.5 Å². The van der Waals surface area contributed by atoms with E-state index in [1.807, 2.05) is 48.5 Å². The minimum atomic E-state index is -0.0279. The SMILES string of the molecule is COCc1nn2c3c(nnc2c1-c1ccc(OC)c(OC)c1)C(=O)C[C@H](/C=C/c1ccccc1)C3. The molecule has 0 saturated heterocycles. The normalized spacial score (nSPS) is 15.5. The fourth-order valence-electron chi connectivity index (χ4n) is 4.52. The number of hydrogen-bond donors (Lipinski definition) is 0. The number of methoxy groups -OCH3 is 3. The Kier molecular flexibility index (Phi) is 6.29. The van der Waals surface area contributed by atoms with Gasteiger partial charge in [0.15, 0.2) is 28.6 Å². The van der Waals surface area contributed by atoms with Crippen LogP contribution in [-0.4, -0.2) is 46.9 Å². The lowest BCUT2D eigenvalue weighted by Crippen LogP contribution is -2.24. The first kappa shape index (κ1) is 22.7. The van der Waals surface area contributed by atoms with Gasteiger partial charge in [-0.15, -0.1) is 10.2 Å². The molecule has 0 unspecified atom stereocenters. The van der Waals surface area contributed by atoms with E-state index in [0.29, 0.717) is 41.4 Å². The van der Waals surface area contributed by atoms with Crippen LogP contribution >= 0.6 is 0 Å². The largest absolute Gasteiger partial charge is 0.493 e. The van der Waals surface area contributed by atoms with E-state index in [1.54, 1.807) is 25.8 Å². The van der Waals surface area contributed by atoms with Crippen molar-refractivity contribution in [1.82, 2.24) is 19.8 Å². The third-order valence-corrected chi connectivity index (χ3v) is 6.19. The van der Waals surface area contributed by atoms with Crippen LogP contribution in [0.25, 0.3) is 22.9 Å². The van der Waals surface area contributed by atoms with Gasteiger partial charge in [-0.2, -0.15) is 5.10 Å². The van der Waals surface area contributed by atoms with E-state index in [0.717, 1.165) is 22.4 Å². The monoisotopic (exact) mass is 470 g/mol. The second kappa shape index (κ2) is 9.68. The Morgan fingerprint density at radius 1 is 1.00 bits per heavy atom. The van der Waals surface area contributed by atoms with Gasteiger partial charge >= 0.3 is 0 Å². The van der Waals surface area contributed by atoms with Crippen molar-refractivity contribution in [2.24, 2.45) is 5.92 Å². The Morgan fingerprint density at radius 2 is 1.80 bits per heavy atom. The van der Waals surface area contributed by atoms with E-state index < -0.39 is 0 Å². The standard InChI is InChI=1S/C27H26N4O4/c1-33-16-20-25(19-11-12-23(34-2)24(15-19)35-3)27-29-28-26-21(31(27)30-20)13-18(14-22(26)32)10-9-17-7-5-4-6-8-17/h4-12,15,18H,13-14,16H2,1-3H3/b10-9+/t18-/m1/s1. The average Bonchev–Trinajstić information content (AvgIpc) is 3.26. The molecule has 0 aliphatic heterocycles. The summed E-state index contributed by atoms with van der Waals surface area (Å²) in [6.07, 6.45) is 5.18. The molecule has 8 heteroatoms. The van der Waals surface area contributed by atoms with E-state index >= 15 is 0 Å². The Bertz CT molecular complexity index is 1410. The molecule has 1 atom stereocenters. The number of Topliss-reactive ketones (excluding diaryl/α,β-unsaturated/α-hetero) is 1. The highest BCUT2D eigenvalue weighted by molar-refractivity contribution is 5.97. The summed E-state index contributed by atoms with van der Waals surface area (Å²) in [6.45, 7) is 0.285. The number of nitrogens with zero attached hydrogens (tertiary/aromatic N) is 4. The molecule has 0 spiro atoms. The molecule has 2 heterocycles. The predicted molar refractivity (Wildman–Crippen MR) is 132 cm³/mol. The van der Waals surface area contributed by atoms with Crippen molar-refractivity contribution in [1.29, 1.82) is 0 Å². The molecule has 5 rings (SSSR count). The highest BCUT2D eigenvalue weighted by Gasteiger charge is 2.30. The van der Waals surface area contributed by atoms with E-state index in [9.17, 15) is 4.79 Å². The van der Waals surface area contributed by atoms with E-state index in [1.165, 1.54) is 0 Å². The number of hydrogen-bond acceptors (Lipinski definition) is 7.